The second-order valence-electron chi connectivity index (χ2n) is 7.64. The van der Waals surface area contributed by atoms with Crippen LogP contribution in [0, 0.1) is 5.92 Å². The summed E-state index contributed by atoms with van der Waals surface area (Å²) >= 11 is 0. The Labute approximate surface area is 162 Å². The largest absolute Gasteiger partial charge is 0.573 e. The van der Waals surface area contributed by atoms with Crippen molar-refractivity contribution < 1.29 is 32.2 Å². The summed E-state index contributed by atoms with van der Waals surface area (Å²) in [5.41, 5.74) is -0.415. The van der Waals surface area contributed by atoms with Gasteiger partial charge in [0.25, 0.3) is 0 Å². The lowest BCUT2D eigenvalue weighted by Gasteiger charge is -2.33. The molecule has 156 valence electrons. The van der Waals surface area contributed by atoms with E-state index in [1.807, 2.05) is 0 Å². The van der Waals surface area contributed by atoms with E-state index in [0.717, 1.165) is 0 Å². The third-order valence-electron chi connectivity index (χ3n) is 4.10. The fraction of sp³-hybridized carbons (Fsp3) is 0.579. The van der Waals surface area contributed by atoms with E-state index in [4.69, 9.17) is 4.74 Å². The maximum atomic E-state index is 12.5. The number of piperidine rings is 1. The number of nitrogens with one attached hydrogen (secondary N) is 1. The minimum Gasteiger partial charge on any atom is -0.444 e. The van der Waals surface area contributed by atoms with E-state index in [2.05, 4.69) is 10.1 Å². The van der Waals surface area contributed by atoms with Crippen molar-refractivity contribution in [3.8, 4) is 5.75 Å². The van der Waals surface area contributed by atoms with E-state index in [9.17, 15) is 22.8 Å². The SMILES string of the molecule is CC(C)(C)OC(=O)N1CCC[C@H](C(=O)NCc2ccccc2OC(F)(F)F)C1. The highest BCUT2D eigenvalue weighted by molar-refractivity contribution is 5.80. The standard InChI is InChI=1S/C19H25F3N2O4/c1-18(2,3)28-17(26)24-10-6-8-14(12-24)16(25)23-11-13-7-4-5-9-15(13)27-19(20,21)22/h4-5,7,9,14H,6,8,10-12H2,1-3H3,(H,23,25)/t14-/m0/s1. The number of nitrogens with zero attached hydrogens (tertiary/aromatic N) is 1. The number of benzene rings is 1. The fourth-order valence-corrected chi connectivity index (χ4v) is 2.88. The second-order valence-corrected chi connectivity index (χ2v) is 7.64. The van der Waals surface area contributed by atoms with Crippen molar-refractivity contribution in [1.82, 2.24) is 10.2 Å². The summed E-state index contributed by atoms with van der Waals surface area (Å²) in [5, 5.41) is 2.64. The predicted octanol–water partition coefficient (Wildman–Crippen LogP) is 3.85. The Kier molecular flexibility index (Phi) is 6.79. The molecule has 0 unspecified atom stereocenters. The molecule has 9 heteroatoms. The minimum atomic E-state index is -4.81. The van der Waals surface area contributed by atoms with Crippen LogP contribution in [-0.4, -0.2) is 42.0 Å². The number of ether oxygens (including phenoxy) is 2. The van der Waals surface area contributed by atoms with Gasteiger partial charge in [0, 0.05) is 25.2 Å². The van der Waals surface area contributed by atoms with Crippen molar-refractivity contribution in [2.75, 3.05) is 13.1 Å². The Morgan fingerprint density at radius 2 is 1.89 bits per heavy atom. The highest BCUT2D eigenvalue weighted by Crippen LogP contribution is 2.26. The summed E-state index contributed by atoms with van der Waals surface area (Å²) in [4.78, 5) is 26.1. The summed E-state index contributed by atoms with van der Waals surface area (Å²) in [6.07, 6.45) is -4.05. The lowest BCUT2D eigenvalue weighted by molar-refractivity contribution is -0.274. The maximum Gasteiger partial charge on any atom is 0.573 e. The normalized spacial score (nSPS) is 17.8. The van der Waals surface area contributed by atoms with Crippen LogP contribution in [0.5, 0.6) is 5.75 Å². The monoisotopic (exact) mass is 402 g/mol. The zero-order chi connectivity index (χ0) is 20.9. The summed E-state index contributed by atoms with van der Waals surface area (Å²) in [6.45, 7) is 5.90. The molecule has 1 atom stereocenters. The van der Waals surface area contributed by atoms with Gasteiger partial charge in [-0.15, -0.1) is 13.2 Å². The van der Waals surface area contributed by atoms with Crippen LogP contribution < -0.4 is 10.1 Å². The Bertz CT molecular complexity index is 701. The quantitative estimate of drug-likeness (QED) is 0.831. The first-order valence-corrected chi connectivity index (χ1v) is 9.04. The Morgan fingerprint density at radius 1 is 1.21 bits per heavy atom. The van der Waals surface area contributed by atoms with E-state index in [1.165, 1.54) is 23.1 Å². The van der Waals surface area contributed by atoms with Crippen molar-refractivity contribution in [3.05, 3.63) is 29.8 Å². The van der Waals surface area contributed by atoms with Gasteiger partial charge >= 0.3 is 12.5 Å². The average molecular weight is 402 g/mol. The van der Waals surface area contributed by atoms with Gasteiger partial charge in [0.15, 0.2) is 0 Å². The van der Waals surface area contributed by atoms with Crippen LogP contribution >= 0.6 is 0 Å². The molecule has 1 aromatic carbocycles. The van der Waals surface area contributed by atoms with Gasteiger partial charge in [-0.1, -0.05) is 18.2 Å². The number of amides is 2. The summed E-state index contributed by atoms with van der Waals surface area (Å²) in [7, 11) is 0. The first kappa shape index (κ1) is 21.8. The second kappa shape index (κ2) is 8.70. The Morgan fingerprint density at radius 3 is 2.54 bits per heavy atom. The van der Waals surface area contributed by atoms with E-state index in [-0.39, 0.29) is 30.3 Å². The first-order chi connectivity index (χ1) is 12.9. The van der Waals surface area contributed by atoms with E-state index >= 15 is 0 Å². The van der Waals surface area contributed by atoms with E-state index in [1.54, 1.807) is 26.8 Å². The topological polar surface area (TPSA) is 67.9 Å². The molecule has 1 fully saturated rings. The van der Waals surface area contributed by atoms with Gasteiger partial charge in [0.1, 0.15) is 11.4 Å². The predicted molar refractivity (Wildman–Crippen MR) is 95.5 cm³/mol. The number of carbonyl (C=O) groups is 2. The van der Waals surface area contributed by atoms with Gasteiger partial charge in [-0.3, -0.25) is 4.79 Å². The molecule has 0 aromatic heterocycles. The molecule has 1 aliphatic rings. The molecule has 6 nitrogen and oxygen atoms in total. The molecule has 1 aliphatic heterocycles. The number of rotatable bonds is 4. The molecule has 1 saturated heterocycles. The van der Waals surface area contributed by atoms with Crippen LogP contribution in [0.4, 0.5) is 18.0 Å². The maximum absolute atomic E-state index is 12.5. The molecule has 0 bridgehead atoms. The number of hydrogen-bond acceptors (Lipinski definition) is 4. The molecule has 1 N–H and O–H groups in total. The van der Waals surface area contributed by atoms with Crippen LogP contribution in [0.15, 0.2) is 24.3 Å². The Balaban J connectivity index is 1.94. The van der Waals surface area contributed by atoms with Crippen LogP contribution in [0.3, 0.4) is 0 Å². The van der Waals surface area contributed by atoms with Gasteiger partial charge in [-0.2, -0.15) is 0 Å². The fourth-order valence-electron chi connectivity index (χ4n) is 2.88. The lowest BCUT2D eigenvalue weighted by Crippen LogP contribution is -2.46. The molecule has 28 heavy (non-hydrogen) atoms. The Hall–Kier alpha value is -2.45. The zero-order valence-electron chi connectivity index (χ0n) is 16.1. The molecular weight excluding hydrogens is 377 g/mol. The summed E-state index contributed by atoms with van der Waals surface area (Å²) in [5.74, 6) is -1.12. The van der Waals surface area contributed by atoms with Gasteiger partial charge < -0.3 is 19.7 Å². The van der Waals surface area contributed by atoms with Crippen molar-refractivity contribution in [1.29, 1.82) is 0 Å². The van der Waals surface area contributed by atoms with Crippen LogP contribution in [-0.2, 0) is 16.1 Å². The molecule has 0 spiro atoms. The number of alkyl halides is 3. The molecule has 2 amide bonds. The van der Waals surface area contributed by atoms with Crippen molar-refractivity contribution >= 4 is 12.0 Å². The zero-order valence-corrected chi connectivity index (χ0v) is 16.1. The van der Waals surface area contributed by atoms with Crippen molar-refractivity contribution in [2.24, 2.45) is 5.92 Å². The number of para-hydroxylation sites is 1. The van der Waals surface area contributed by atoms with Gasteiger partial charge in [-0.05, 0) is 39.7 Å². The first-order valence-electron chi connectivity index (χ1n) is 9.04. The van der Waals surface area contributed by atoms with E-state index in [0.29, 0.717) is 19.4 Å². The third-order valence-corrected chi connectivity index (χ3v) is 4.10. The molecule has 0 saturated carbocycles. The minimum absolute atomic E-state index is 0.103. The smallest absolute Gasteiger partial charge is 0.444 e. The van der Waals surface area contributed by atoms with Crippen molar-refractivity contribution in [2.45, 2.75) is 52.1 Å². The number of likely N-dealkylation sites (tertiary alicyclic amines) is 1. The lowest BCUT2D eigenvalue weighted by atomic mass is 9.97. The highest BCUT2D eigenvalue weighted by atomic mass is 19.4. The molecule has 0 aliphatic carbocycles. The molecule has 1 aromatic rings. The van der Waals surface area contributed by atoms with Crippen molar-refractivity contribution in [3.63, 3.8) is 0 Å². The molecule has 2 rings (SSSR count). The highest BCUT2D eigenvalue weighted by Gasteiger charge is 2.33. The van der Waals surface area contributed by atoms with Crippen LogP contribution in [0.1, 0.15) is 39.2 Å². The number of carbonyl (C=O) groups excluding carboxylic acids is 2. The van der Waals surface area contributed by atoms with Crippen LogP contribution in [0.25, 0.3) is 0 Å². The number of halogens is 3. The van der Waals surface area contributed by atoms with Gasteiger partial charge in [-0.25, -0.2) is 4.79 Å². The number of hydrogen-bond donors (Lipinski definition) is 1. The summed E-state index contributed by atoms with van der Waals surface area (Å²) < 4.78 is 46.8. The molecular formula is C19H25F3N2O4. The van der Waals surface area contributed by atoms with Gasteiger partial charge in [0.05, 0.1) is 5.92 Å². The van der Waals surface area contributed by atoms with E-state index < -0.39 is 24.0 Å². The third kappa shape index (κ3) is 6.94. The molecule has 1 heterocycles. The van der Waals surface area contributed by atoms with Crippen LogP contribution in [0.2, 0.25) is 0 Å². The van der Waals surface area contributed by atoms with Gasteiger partial charge in [0.2, 0.25) is 5.91 Å². The summed E-state index contributed by atoms with van der Waals surface area (Å²) in [6, 6.07) is 5.64. The molecule has 0 radical (unpaired) electrons. The average Bonchev–Trinajstić information content (AvgIpc) is 2.58.